The van der Waals surface area contributed by atoms with Crippen LogP contribution in [-0.2, 0) is 11.2 Å². The van der Waals surface area contributed by atoms with Gasteiger partial charge in [-0.15, -0.1) is 5.10 Å². The lowest BCUT2D eigenvalue weighted by molar-refractivity contribution is -0.125. The first kappa shape index (κ1) is 10.7. The highest BCUT2D eigenvalue weighted by atomic mass is 32.1. The van der Waals surface area contributed by atoms with Crippen molar-refractivity contribution in [3.63, 3.8) is 0 Å². The summed E-state index contributed by atoms with van der Waals surface area (Å²) in [5, 5.41) is 3.81. The maximum Gasteiger partial charge on any atom is 0.136 e. The van der Waals surface area contributed by atoms with Gasteiger partial charge in [-0.2, -0.15) is 0 Å². The van der Waals surface area contributed by atoms with Crippen LogP contribution in [-0.4, -0.2) is 15.4 Å². The van der Waals surface area contributed by atoms with E-state index in [-0.39, 0.29) is 5.92 Å². The van der Waals surface area contributed by atoms with Gasteiger partial charge in [-0.25, -0.2) is 0 Å². The molecule has 2 atom stereocenters. The molecule has 1 heterocycles. The number of carbonyl (C=O) groups excluding carboxylic acids is 1. The van der Waals surface area contributed by atoms with Crippen molar-refractivity contribution in [1.82, 2.24) is 9.59 Å². The van der Waals surface area contributed by atoms with Crippen LogP contribution in [0, 0.1) is 11.8 Å². The smallest absolute Gasteiger partial charge is 0.136 e. The molecular weight excluding hydrogens is 208 g/mol. The largest absolute Gasteiger partial charge is 0.299 e. The van der Waals surface area contributed by atoms with Gasteiger partial charge in [0, 0.05) is 17.2 Å². The fraction of sp³-hybridized carbons (Fsp3) is 0.727. The Balaban J connectivity index is 1.97. The van der Waals surface area contributed by atoms with Crippen LogP contribution in [0.4, 0.5) is 0 Å². The van der Waals surface area contributed by atoms with Crippen molar-refractivity contribution in [3.8, 4) is 0 Å². The molecular formula is C11H16N2OS. The van der Waals surface area contributed by atoms with E-state index in [4.69, 9.17) is 0 Å². The van der Waals surface area contributed by atoms with Crippen LogP contribution < -0.4 is 0 Å². The van der Waals surface area contributed by atoms with Gasteiger partial charge in [0.1, 0.15) is 5.78 Å². The zero-order valence-corrected chi connectivity index (χ0v) is 9.80. The van der Waals surface area contributed by atoms with Crippen molar-refractivity contribution in [3.05, 3.63) is 11.1 Å². The van der Waals surface area contributed by atoms with Crippen LogP contribution in [0.1, 0.15) is 37.5 Å². The van der Waals surface area contributed by atoms with Gasteiger partial charge in [0.2, 0.25) is 0 Å². The minimum absolute atomic E-state index is 0.228. The zero-order valence-electron chi connectivity index (χ0n) is 8.98. The number of Topliss-reactive ketones (excluding diaryl/α,β-unsaturated/α-hetero) is 1. The lowest BCUT2D eigenvalue weighted by Crippen LogP contribution is -2.26. The van der Waals surface area contributed by atoms with Crippen molar-refractivity contribution in [2.45, 2.75) is 39.0 Å². The second-order valence-electron chi connectivity index (χ2n) is 4.30. The molecule has 15 heavy (non-hydrogen) atoms. The zero-order chi connectivity index (χ0) is 10.7. The maximum atomic E-state index is 11.7. The summed E-state index contributed by atoms with van der Waals surface area (Å²) in [5.41, 5.74) is 0. The summed E-state index contributed by atoms with van der Waals surface area (Å²) in [6, 6.07) is 0. The van der Waals surface area contributed by atoms with E-state index >= 15 is 0 Å². The van der Waals surface area contributed by atoms with Crippen LogP contribution in [0.3, 0.4) is 0 Å². The van der Waals surface area contributed by atoms with Gasteiger partial charge in [-0.3, -0.25) is 4.79 Å². The topological polar surface area (TPSA) is 42.9 Å². The van der Waals surface area contributed by atoms with Crippen molar-refractivity contribution in [2.75, 3.05) is 0 Å². The van der Waals surface area contributed by atoms with E-state index in [9.17, 15) is 4.79 Å². The molecule has 0 aliphatic heterocycles. The second kappa shape index (κ2) is 4.84. The number of rotatable bonds is 3. The summed E-state index contributed by atoms with van der Waals surface area (Å²) in [6.45, 7) is 2.21. The van der Waals surface area contributed by atoms with Gasteiger partial charge >= 0.3 is 0 Å². The molecule has 0 radical (unpaired) electrons. The molecule has 82 valence electrons. The third-order valence-electron chi connectivity index (χ3n) is 3.30. The van der Waals surface area contributed by atoms with E-state index < -0.39 is 0 Å². The van der Waals surface area contributed by atoms with Crippen LogP contribution in [0.5, 0.6) is 0 Å². The molecule has 1 fully saturated rings. The number of ketones is 1. The number of aromatic nitrogens is 2. The van der Waals surface area contributed by atoms with Crippen LogP contribution in [0.25, 0.3) is 0 Å². The van der Waals surface area contributed by atoms with Crippen molar-refractivity contribution in [1.29, 1.82) is 0 Å². The monoisotopic (exact) mass is 224 g/mol. The summed E-state index contributed by atoms with van der Waals surface area (Å²) in [7, 11) is 0. The summed E-state index contributed by atoms with van der Waals surface area (Å²) >= 11 is 1.41. The molecule has 1 aromatic rings. The third kappa shape index (κ3) is 2.62. The number of hydrogen-bond acceptors (Lipinski definition) is 4. The Hall–Kier alpha value is -0.770. The Morgan fingerprint density at radius 2 is 2.47 bits per heavy atom. The summed E-state index contributed by atoms with van der Waals surface area (Å²) in [4.78, 5) is 12.9. The molecule has 0 saturated heterocycles. The van der Waals surface area contributed by atoms with Crippen LogP contribution in [0.2, 0.25) is 0 Å². The van der Waals surface area contributed by atoms with Crippen molar-refractivity contribution < 1.29 is 4.79 Å². The Morgan fingerprint density at radius 3 is 3.13 bits per heavy atom. The molecule has 0 aromatic carbocycles. The number of nitrogens with zero attached hydrogens (tertiary/aromatic N) is 2. The van der Waals surface area contributed by atoms with E-state index in [1.807, 2.05) is 0 Å². The minimum atomic E-state index is 0.228. The molecule has 0 amide bonds. The van der Waals surface area contributed by atoms with Gasteiger partial charge in [-0.05, 0) is 36.7 Å². The standard InChI is InChI=1S/C11H16N2OS/c1-2-8-3-4-11(14)9(5-8)6-10-7-12-13-15-10/h7-9H,2-6H2,1H3. The Morgan fingerprint density at radius 1 is 1.60 bits per heavy atom. The fourth-order valence-corrected chi connectivity index (χ4v) is 2.86. The van der Waals surface area contributed by atoms with Crippen molar-refractivity contribution in [2.24, 2.45) is 11.8 Å². The highest BCUT2D eigenvalue weighted by Crippen LogP contribution is 2.31. The highest BCUT2D eigenvalue weighted by Gasteiger charge is 2.28. The van der Waals surface area contributed by atoms with Gasteiger partial charge in [0.15, 0.2) is 0 Å². The highest BCUT2D eigenvalue weighted by molar-refractivity contribution is 7.05. The van der Waals surface area contributed by atoms with Crippen LogP contribution in [0.15, 0.2) is 6.20 Å². The summed E-state index contributed by atoms with van der Waals surface area (Å²) in [5.74, 6) is 1.41. The van der Waals surface area contributed by atoms with Gasteiger partial charge in [-0.1, -0.05) is 17.8 Å². The summed E-state index contributed by atoms with van der Waals surface area (Å²) in [6.07, 6.45) is 6.76. The predicted octanol–water partition coefficient (Wildman–Crippen LogP) is 2.48. The molecule has 1 aromatic heterocycles. The van der Waals surface area contributed by atoms with E-state index in [2.05, 4.69) is 16.5 Å². The van der Waals surface area contributed by atoms with E-state index in [1.54, 1.807) is 6.20 Å². The van der Waals surface area contributed by atoms with Gasteiger partial charge in [0.05, 0.1) is 6.20 Å². The molecule has 2 rings (SSSR count). The van der Waals surface area contributed by atoms with E-state index in [0.717, 1.165) is 36.5 Å². The lowest BCUT2D eigenvalue weighted by atomic mass is 9.78. The quantitative estimate of drug-likeness (QED) is 0.792. The average molecular weight is 224 g/mol. The Kier molecular flexibility index (Phi) is 3.46. The Labute approximate surface area is 94.1 Å². The molecule has 2 unspecified atom stereocenters. The molecule has 0 bridgehead atoms. The molecule has 4 heteroatoms. The minimum Gasteiger partial charge on any atom is -0.299 e. The molecule has 1 aliphatic rings. The fourth-order valence-electron chi connectivity index (χ4n) is 2.29. The lowest BCUT2D eigenvalue weighted by Gasteiger charge is -2.26. The van der Waals surface area contributed by atoms with E-state index in [0.29, 0.717) is 5.78 Å². The first-order valence-corrected chi connectivity index (χ1v) is 6.36. The van der Waals surface area contributed by atoms with E-state index in [1.165, 1.54) is 18.0 Å². The molecule has 1 saturated carbocycles. The molecule has 0 spiro atoms. The first-order valence-electron chi connectivity index (χ1n) is 5.58. The average Bonchev–Trinajstić information content (AvgIpc) is 2.74. The normalized spacial score (nSPS) is 26.9. The number of carbonyl (C=O) groups is 1. The predicted molar refractivity (Wildman–Crippen MR) is 59.7 cm³/mol. The van der Waals surface area contributed by atoms with Crippen LogP contribution >= 0.6 is 11.5 Å². The molecule has 0 N–H and O–H groups in total. The van der Waals surface area contributed by atoms with Crippen molar-refractivity contribution >= 4 is 17.3 Å². The molecule has 1 aliphatic carbocycles. The maximum absolute atomic E-state index is 11.7. The SMILES string of the molecule is CCC1CCC(=O)C(Cc2cnns2)C1. The summed E-state index contributed by atoms with van der Waals surface area (Å²) < 4.78 is 3.83. The van der Waals surface area contributed by atoms with Gasteiger partial charge < -0.3 is 0 Å². The Bertz CT molecular complexity index is 323. The van der Waals surface area contributed by atoms with Gasteiger partial charge in [0.25, 0.3) is 0 Å². The first-order chi connectivity index (χ1) is 7.29. The second-order valence-corrected chi connectivity index (χ2v) is 5.17. The molecule has 3 nitrogen and oxygen atoms in total. The third-order valence-corrected chi connectivity index (χ3v) is 3.99. The number of hydrogen-bond donors (Lipinski definition) is 0.